The van der Waals surface area contributed by atoms with Crippen molar-refractivity contribution in [3.8, 4) is 0 Å². The van der Waals surface area contributed by atoms with Crippen LogP contribution in [0.3, 0.4) is 0 Å². The molecule has 1 atom stereocenters. The number of hydrogen-bond acceptors (Lipinski definition) is 5. The number of esters is 1. The van der Waals surface area contributed by atoms with E-state index in [1.807, 2.05) is 6.92 Å². The Morgan fingerprint density at radius 2 is 2.24 bits per heavy atom. The molecule has 2 rings (SSSR count). The highest BCUT2D eigenvalue weighted by Crippen LogP contribution is 2.23. The fraction of sp³-hybridized carbons (Fsp3) is 0.500. The van der Waals surface area contributed by atoms with Crippen LogP contribution >= 0.6 is 10.7 Å². The van der Waals surface area contributed by atoms with Crippen LogP contribution in [-0.2, 0) is 24.9 Å². The zero-order valence-corrected chi connectivity index (χ0v) is 13.2. The minimum Gasteiger partial charge on any atom is -0.459 e. The maximum absolute atomic E-state index is 12.0. The maximum atomic E-state index is 12.0. The smallest absolute Gasteiger partial charge is 0.338 e. The highest BCUT2D eigenvalue weighted by Gasteiger charge is 2.21. The second-order valence-electron chi connectivity index (χ2n) is 4.85. The molecule has 5 nitrogen and oxygen atoms in total. The molecule has 0 saturated carbocycles. The Kier molecular flexibility index (Phi) is 5.24. The van der Waals surface area contributed by atoms with Gasteiger partial charge in [-0.05, 0) is 37.0 Å². The number of benzene rings is 1. The molecule has 1 aliphatic heterocycles. The van der Waals surface area contributed by atoms with Crippen LogP contribution in [0.4, 0.5) is 0 Å². The Balaban J connectivity index is 2.13. The molecule has 0 amide bonds. The van der Waals surface area contributed by atoms with E-state index in [2.05, 4.69) is 0 Å². The molecule has 1 heterocycles. The number of hydrogen-bond donors (Lipinski definition) is 0. The first kappa shape index (κ1) is 16.3. The zero-order chi connectivity index (χ0) is 15.5. The molecule has 1 fully saturated rings. The Bertz CT molecular complexity index is 620. The number of carbonyl (C=O) groups is 1. The summed E-state index contributed by atoms with van der Waals surface area (Å²) in [6, 6.07) is 4.39. The van der Waals surface area contributed by atoms with Crippen molar-refractivity contribution in [2.24, 2.45) is 0 Å². The highest BCUT2D eigenvalue weighted by molar-refractivity contribution is 8.13. The van der Waals surface area contributed by atoms with Crippen LogP contribution in [0.2, 0.25) is 0 Å². The SMILES string of the molecule is CCc1ccc(C(=O)OCC2CCCO2)cc1S(=O)(=O)Cl. The molecule has 1 aromatic carbocycles. The first-order valence-corrected chi connectivity index (χ1v) is 9.09. The monoisotopic (exact) mass is 332 g/mol. The fourth-order valence-corrected chi connectivity index (χ4v) is 3.45. The number of rotatable bonds is 5. The summed E-state index contributed by atoms with van der Waals surface area (Å²) in [5.74, 6) is -0.574. The van der Waals surface area contributed by atoms with Crippen molar-refractivity contribution >= 4 is 25.7 Å². The second kappa shape index (κ2) is 6.77. The van der Waals surface area contributed by atoms with Crippen molar-refractivity contribution in [1.82, 2.24) is 0 Å². The normalized spacial score (nSPS) is 18.7. The molecule has 21 heavy (non-hydrogen) atoms. The van der Waals surface area contributed by atoms with Gasteiger partial charge in [0, 0.05) is 17.3 Å². The third-order valence-corrected chi connectivity index (χ3v) is 4.77. The van der Waals surface area contributed by atoms with E-state index in [1.165, 1.54) is 6.07 Å². The van der Waals surface area contributed by atoms with E-state index in [4.69, 9.17) is 20.2 Å². The van der Waals surface area contributed by atoms with Crippen molar-refractivity contribution in [3.63, 3.8) is 0 Å². The van der Waals surface area contributed by atoms with Gasteiger partial charge in [0.1, 0.15) is 6.61 Å². The molecule has 0 bridgehead atoms. The number of aryl methyl sites for hydroxylation is 1. The van der Waals surface area contributed by atoms with Gasteiger partial charge in [-0.3, -0.25) is 0 Å². The lowest BCUT2D eigenvalue weighted by molar-refractivity contribution is 0.0161. The molecule has 0 aromatic heterocycles. The van der Waals surface area contributed by atoms with Gasteiger partial charge in [-0.1, -0.05) is 13.0 Å². The first-order chi connectivity index (χ1) is 9.91. The van der Waals surface area contributed by atoms with E-state index in [9.17, 15) is 13.2 Å². The summed E-state index contributed by atoms with van der Waals surface area (Å²) in [5.41, 5.74) is 0.741. The van der Waals surface area contributed by atoms with Gasteiger partial charge in [0.05, 0.1) is 16.6 Å². The van der Waals surface area contributed by atoms with E-state index in [0.29, 0.717) is 18.6 Å². The van der Waals surface area contributed by atoms with Crippen LogP contribution in [0.1, 0.15) is 35.7 Å². The minimum atomic E-state index is -3.89. The van der Waals surface area contributed by atoms with Gasteiger partial charge in [0.2, 0.25) is 0 Å². The Morgan fingerprint density at radius 1 is 1.48 bits per heavy atom. The van der Waals surface area contributed by atoms with Crippen molar-refractivity contribution in [2.45, 2.75) is 37.2 Å². The predicted octanol–water partition coefficient (Wildman–Crippen LogP) is 2.51. The molecule has 0 radical (unpaired) electrons. The summed E-state index contributed by atoms with van der Waals surface area (Å²) < 4.78 is 33.6. The van der Waals surface area contributed by atoms with E-state index < -0.39 is 15.0 Å². The summed E-state index contributed by atoms with van der Waals surface area (Å²) in [6.07, 6.45) is 2.26. The molecule has 0 aliphatic carbocycles. The van der Waals surface area contributed by atoms with Crippen molar-refractivity contribution < 1.29 is 22.7 Å². The van der Waals surface area contributed by atoms with E-state index >= 15 is 0 Å². The molecule has 1 saturated heterocycles. The summed E-state index contributed by atoms with van der Waals surface area (Å²) >= 11 is 0. The topological polar surface area (TPSA) is 69.7 Å². The van der Waals surface area contributed by atoms with Crippen molar-refractivity contribution in [1.29, 1.82) is 0 Å². The maximum Gasteiger partial charge on any atom is 0.338 e. The number of carbonyl (C=O) groups excluding carboxylic acids is 1. The average Bonchev–Trinajstić information content (AvgIpc) is 2.96. The average molecular weight is 333 g/mol. The molecule has 7 heteroatoms. The van der Waals surface area contributed by atoms with Gasteiger partial charge in [-0.15, -0.1) is 0 Å². The van der Waals surface area contributed by atoms with Gasteiger partial charge in [0.25, 0.3) is 9.05 Å². The third kappa shape index (κ3) is 4.18. The van der Waals surface area contributed by atoms with Crippen LogP contribution < -0.4 is 0 Å². The molecule has 0 N–H and O–H groups in total. The van der Waals surface area contributed by atoms with Crippen LogP contribution in [0.5, 0.6) is 0 Å². The molecule has 1 unspecified atom stereocenters. The molecule has 0 spiro atoms. The fourth-order valence-electron chi connectivity index (χ4n) is 2.23. The molecule has 1 aromatic rings. The van der Waals surface area contributed by atoms with E-state index in [-0.39, 0.29) is 23.2 Å². The lowest BCUT2D eigenvalue weighted by atomic mass is 10.1. The summed E-state index contributed by atoms with van der Waals surface area (Å²) in [6.45, 7) is 2.68. The molecule has 116 valence electrons. The summed E-state index contributed by atoms with van der Waals surface area (Å²) in [7, 11) is 1.51. The largest absolute Gasteiger partial charge is 0.459 e. The molecular weight excluding hydrogens is 316 g/mol. The lowest BCUT2D eigenvalue weighted by Gasteiger charge is -2.11. The zero-order valence-electron chi connectivity index (χ0n) is 11.7. The highest BCUT2D eigenvalue weighted by atomic mass is 35.7. The van der Waals surface area contributed by atoms with Gasteiger partial charge < -0.3 is 9.47 Å². The van der Waals surface area contributed by atoms with E-state index in [0.717, 1.165) is 12.8 Å². The van der Waals surface area contributed by atoms with Crippen LogP contribution in [-0.4, -0.2) is 33.7 Å². The Hall–Kier alpha value is -1.11. The molecular formula is C14H17ClO5S. The van der Waals surface area contributed by atoms with E-state index in [1.54, 1.807) is 12.1 Å². The van der Waals surface area contributed by atoms with Gasteiger partial charge in [-0.2, -0.15) is 0 Å². The minimum absolute atomic E-state index is 0.0433. The predicted molar refractivity (Wildman–Crippen MR) is 78.1 cm³/mol. The lowest BCUT2D eigenvalue weighted by Crippen LogP contribution is -2.18. The van der Waals surface area contributed by atoms with Crippen molar-refractivity contribution in [2.75, 3.05) is 13.2 Å². The van der Waals surface area contributed by atoms with Gasteiger partial charge in [0.15, 0.2) is 0 Å². The van der Waals surface area contributed by atoms with Gasteiger partial charge in [-0.25, -0.2) is 13.2 Å². The first-order valence-electron chi connectivity index (χ1n) is 6.78. The van der Waals surface area contributed by atoms with Crippen LogP contribution in [0, 0.1) is 0 Å². The van der Waals surface area contributed by atoms with Crippen LogP contribution in [0.25, 0.3) is 0 Å². The molecule has 1 aliphatic rings. The number of ether oxygens (including phenoxy) is 2. The Morgan fingerprint density at radius 3 is 2.81 bits per heavy atom. The third-order valence-electron chi connectivity index (χ3n) is 3.37. The Labute approximate surface area is 128 Å². The van der Waals surface area contributed by atoms with Gasteiger partial charge >= 0.3 is 5.97 Å². The van der Waals surface area contributed by atoms with Crippen molar-refractivity contribution in [3.05, 3.63) is 29.3 Å². The number of halogens is 1. The summed E-state index contributed by atoms with van der Waals surface area (Å²) in [4.78, 5) is 11.9. The standard InChI is InChI=1S/C14H17ClO5S/c1-2-10-5-6-11(8-13(10)21(15,17)18)14(16)20-9-12-4-3-7-19-12/h5-6,8,12H,2-4,7,9H2,1H3. The quantitative estimate of drug-likeness (QED) is 0.612. The van der Waals surface area contributed by atoms with Crippen LogP contribution in [0.15, 0.2) is 23.1 Å². The second-order valence-corrected chi connectivity index (χ2v) is 7.38. The summed E-state index contributed by atoms with van der Waals surface area (Å²) in [5, 5.41) is 0.